The third-order valence-electron chi connectivity index (χ3n) is 1.77. The van der Waals surface area contributed by atoms with Gasteiger partial charge in [-0.2, -0.15) is 20.8 Å². The average molecular weight is 192 g/mol. The van der Waals surface area contributed by atoms with Crippen LogP contribution in [0.15, 0.2) is 10.2 Å². The molecule has 0 N–H and O–H groups in total. The molecule has 0 aliphatic carbocycles. The number of hydrogen-bond donors (Lipinski definition) is 0. The summed E-state index contributed by atoms with van der Waals surface area (Å²) >= 11 is 0. The van der Waals surface area contributed by atoms with Crippen LogP contribution in [-0.4, -0.2) is 13.1 Å². The molecule has 0 aromatic carbocycles. The van der Waals surface area contributed by atoms with Gasteiger partial charge in [0.15, 0.2) is 0 Å². The van der Waals surface area contributed by atoms with Gasteiger partial charge < -0.3 is 0 Å². The average Bonchev–Trinajstić information content (AvgIpc) is 2.13. The van der Waals surface area contributed by atoms with E-state index in [-0.39, 0.29) is 11.8 Å². The first kappa shape index (κ1) is 12.6. The topological polar surface area (TPSA) is 72.3 Å². The van der Waals surface area contributed by atoms with Gasteiger partial charge in [-0.05, 0) is 11.8 Å². The van der Waals surface area contributed by atoms with E-state index in [1.165, 1.54) is 0 Å². The van der Waals surface area contributed by atoms with Gasteiger partial charge in [-0.3, -0.25) is 0 Å². The van der Waals surface area contributed by atoms with Crippen molar-refractivity contribution in [3.8, 4) is 12.1 Å². The van der Waals surface area contributed by atoms with Crippen LogP contribution in [0.1, 0.15) is 26.7 Å². The predicted octanol–water partition coefficient (Wildman–Crippen LogP) is 2.54. The van der Waals surface area contributed by atoms with E-state index >= 15 is 0 Å². The van der Waals surface area contributed by atoms with Crippen molar-refractivity contribution in [1.82, 2.24) is 0 Å². The Labute approximate surface area is 85.3 Å². The summed E-state index contributed by atoms with van der Waals surface area (Å²) in [7, 11) is 0. The molecule has 0 rings (SSSR count). The zero-order valence-electron chi connectivity index (χ0n) is 8.77. The molecule has 4 heteroatoms. The summed E-state index contributed by atoms with van der Waals surface area (Å²) < 4.78 is 0. The quantitative estimate of drug-likeness (QED) is 0.606. The number of nitrogens with zero attached hydrogens (tertiary/aromatic N) is 4. The maximum atomic E-state index is 8.39. The van der Waals surface area contributed by atoms with Crippen molar-refractivity contribution in [3.05, 3.63) is 0 Å². The summed E-state index contributed by atoms with van der Waals surface area (Å²) in [6.07, 6.45) is 1.04. The molecule has 0 bridgehead atoms. The Hall–Kier alpha value is -1.42. The SMILES string of the molecule is CC(CC#N)CN=NCC(C)CC#N. The second-order valence-electron chi connectivity index (χ2n) is 3.58. The highest BCUT2D eigenvalue weighted by Crippen LogP contribution is 2.03. The molecule has 0 saturated carbocycles. The lowest BCUT2D eigenvalue weighted by atomic mass is 10.1. The van der Waals surface area contributed by atoms with Gasteiger partial charge in [-0.25, -0.2) is 0 Å². The maximum Gasteiger partial charge on any atom is 0.0634 e. The Morgan fingerprint density at radius 1 is 0.929 bits per heavy atom. The summed E-state index contributed by atoms with van der Waals surface area (Å²) in [5, 5.41) is 24.7. The van der Waals surface area contributed by atoms with Crippen LogP contribution in [-0.2, 0) is 0 Å². The van der Waals surface area contributed by atoms with Gasteiger partial charge in [0.25, 0.3) is 0 Å². The van der Waals surface area contributed by atoms with E-state index in [2.05, 4.69) is 22.4 Å². The smallest absolute Gasteiger partial charge is 0.0634 e. The Kier molecular flexibility index (Phi) is 7.36. The highest BCUT2D eigenvalue weighted by atomic mass is 15.1. The summed E-state index contributed by atoms with van der Waals surface area (Å²) in [5.41, 5.74) is 0. The summed E-state index contributed by atoms with van der Waals surface area (Å²) in [6, 6.07) is 4.19. The zero-order valence-corrected chi connectivity index (χ0v) is 8.77. The fourth-order valence-corrected chi connectivity index (χ4v) is 0.835. The molecule has 2 atom stereocenters. The summed E-state index contributed by atoms with van der Waals surface area (Å²) in [4.78, 5) is 0. The molecule has 76 valence electrons. The van der Waals surface area contributed by atoms with Gasteiger partial charge in [0, 0.05) is 12.8 Å². The van der Waals surface area contributed by atoms with Gasteiger partial charge in [0.2, 0.25) is 0 Å². The number of nitriles is 2. The maximum absolute atomic E-state index is 8.39. The van der Waals surface area contributed by atoms with Gasteiger partial charge in [0.1, 0.15) is 0 Å². The molecule has 0 aromatic heterocycles. The van der Waals surface area contributed by atoms with Crippen LogP contribution in [0.25, 0.3) is 0 Å². The Morgan fingerprint density at radius 3 is 1.57 bits per heavy atom. The molecule has 14 heavy (non-hydrogen) atoms. The lowest BCUT2D eigenvalue weighted by molar-refractivity contribution is 0.556. The van der Waals surface area contributed by atoms with E-state index in [0.717, 1.165) is 0 Å². The molecule has 0 saturated heterocycles. The molecular weight excluding hydrogens is 176 g/mol. The largest absolute Gasteiger partial charge is 0.198 e. The highest BCUT2D eigenvalue weighted by molar-refractivity contribution is 4.75. The second kappa shape index (κ2) is 8.19. The molecule has 0 spiro atoms. The van der Waals surface area contributed by atoms with Gasteiger partial charge in [0.05, 0.1) is 25.2 Å². The normalized spacial score (nSPS) is 14.6. The number of hydrogen-bond acceptors (Lipinski definition) is 4. The molecular formula is C10H16N4. The van der Waals surface area contributed by atoms with Crippen LogP contribution in [0.4, 0.5) is 0 Å². The highest BCUT2D eigenvalue weighted by Gasteiger charge is 2.00. The van der Waals surface area contributed by atoms with Crippen molar-refractivity contribution in [2.45, 2.75) is 26.7 Å². The van der Waals surface area contributed by atoms with Crippen LogP contribution in [0.3, 0.4) is 0 Å². The van der Waals surface area contributed by atoms with E-state index in [4.69, 9.17) is 10.5 Å². The fraction of sp³-hybridized carbons (Fsp3) is 0.800. The Balaban J connectivity index is 3.55. The van der Waals surface area contributed by atoms with Crippen molar-refractivity contribution in [3.63, 3.8) is 0 Å². The van der Waals surface area contributed by atoms with Crippen molar-refractivity contribution in [2.24, 2.45) is 22.1 Å². The summed E-state index contributed by atoms with van der Waals surface area (Å²) in [5.74, 6) is 0.546. The predicted molar refractivity (Wildman–Crippen MR) is 53.4 cm³/mol. The first-order valence-electron chi connectivity index (χ1n) is 4.77. The minimum atomic E-state index is 0.273. The molecule has 0 aromatic rings. The molecule has 0 amide bonds. The van der Waals surface area contributed by atoms with E-state index < -0.39 is 0 Å². The van der Waals surface area contributed by atoms with E-state index in [1.54, 1.807) is 0 Å². The van der Waals surface area contributed by atoms with Crippen LogP contribution in [0, 0.1) is 34.5 Å². The van der Waals surface area contributed by atoms with Gasteiger partial charge >= 0.3 is 0 Å². The third kappa shape index (κ3) is 7.24. The van der Waals surface area contributed by atoms with Crippen molar-refractivity contribution < 1.29 is 0 Å². The molecule has 0 fully saturated rings. The van der Waals surface area contributed by atoms with Crippen molar-refractivity contribution in [1.29, 1.82) is 10.5 Å². The van der Waals surface area contributed by atoms with Crippen LogP contribution in [0.2, 0.25) is 0 Å². The Morgan fingerprint density at radius 2 is 1.29 bits per heavy atom. The lowest BCUT2D eigenvalue weighted by Gasteiger charge is -2.02. The second-order valence-corrected chi connectivity index (χ2v) is 3.58. The molecule has 0 heterocycles. The Bertz CT molecular complexity index is 220. The van der Waals surface area contributed by atoms with Gasteiger partial charge in [-0.15, -0.1) is 0 Å². The third-order valence-corrected chi connectivity index (χ3v) is 1.77. The molecule has 0 aliphatic heterocycles. The monoisotopic (exact) mass is 192 g/mol. The molecule has 0 aliphatic rings. The van der Waals surface area contributed by atoms with Crippen molar-refractivity contribution >= 4 is 0 Å². The lowest BCUT2D eigenvalue weighted by Crippen LogP contribution is -1.99. The van der Waals surface area contributed by atoms with E-state index in [1.807, 2.05) is 13.8 Å². The first-order chi connectivity index (χ1) is 6.70. The zero-order chi connectivity index (χ0) is 10.8. The fourth-order valence-electron chi connectivity index (χ4n) is 0.835. The van der Waals surface area contributed by atoms with Crippen LogP contribution >= 0.6 is 0 Å². The van der Waals surface area contributed by atoms with Crippen molar-refractivity contribution in [2.75, 3.05) is 13.1 Å². The molecule has 4 nitrogen and oxygen atoms in total. The minimum Gasteiger partial charge on any atom is -0.198 e. The number of rotatable bonds is 6. The van der Waals surface area contributed by atoms with E-state index in [0.29, 0.717) is 25.9 Å². The summed E-state index contributed by atoms with van der Waals surface area (Å²) in [6.45, 7) is 5.15. The van der Waals surface area contributed by atoms with Crippen LogP contribution in [0.5, 0.6) is 0 Å². The minimum absolute atomic E-state index is 0.273. The van der Waals surface area contributed by atoms with E-state index in [9.17, 15) is 0 Å². The first-order valence-corrected chi connectivity index (χ1v) is 4.77. The molecule has 0 radical (unpaired) electrons. The standard InChI is InChI=1S/C10H16N4/c1-9(3-5-11)7-13-14-8-10(2)4-6-12/h9-10H,3-4,7-8H2,1-2H3. The molecule has 2 unspecified atom stereocenters. The number of azo groups is 1. The van der Waals surface area contributed by atoms with Gasteiger partial charge in [-0.1, -0.05) is 13.8 Å². The van der Waals surface area contributed by atoms with Crippen LogP contribution < -0.4 is 0 Å².